The number of carbonyl (C=O) groups is 3. The highest BCUT2D eigenvalue weighted by Crippen LogP contribution is 2.41. The molecule has 0 N–H and O–H groups in total. The van der Waals surface area contributed by atoms with Crippen LogP contribution in [0.2, 0.25) is 5.02 Å². The lowest BCUT2D eigenvalue weighted by Crippen LogP contribution is -2.42. The van der Waals surface area contributed by atoms with Crippen molar-refractivity contribution < 1.29 is 19.1 Å². The molecule has 1 aliphatic rings. The molecule has 0 aliphatic heterocycles. The Morgan fingerprint density at radius 3 is 1.91 bits per heavy atom. The number of hydrogen-bond donors (Lipinski definition) is 0. The van der Waals surface area contributed by atoms with Crippen LogP contribution in [0.3, 0.4) is 0 Å². The second-order valence-electron chi connectivity index (χ2n) is 4.99. The Hall–Kier alpha value is -2.46. The van der Waals surface area contributed by atoms with Crippen molar-refractivity contribution in [1.82, 2.24) is 0 Å². The van der Waals surface area contributed by atoms with Crippen LogP contribution in [0.25, 0.3) is 0 Å². The summed E-state index contributed by atoms with van der Waals surface area (Å²) in [5, 5.41) is 0.456. The van der Waals surface area contributed by atoms with E-state index in [1.165, 1.54) is 19.1 Å². The molecule has 0 amide bonds. The van der Waals surface area contributed by atoms with Gasteiger partial charge in [-0.05, 0) is 12.1 Å². The summed E-state index contributed by atoms with van der Waals surface area (Å²) in [7, 11) is 0. The highest BCUT2D eigenvalue weighted by Gasteiger charge is 2.57. The zero-order chi connectivity index (χ0) is 15.9. The lowest BCUT2D eigenvalue weighted by Gasteiger charge is -2.25. The number of ketones is 2. The summed E-state index contributed by atoms with van der Waals surface area (Å²) < 4.78 is 5.25. The summed E-state index contributed by atoms with van der Waals surface area (Å²) >= 11 is 5.85. The van der Waals surface area contributed by atoms with Gasteiger partial charge in [-0.25, -0.2) is 0 Å². The maximum atomic E-state index is 12.8. The Morgan fingerprint density at radius 1 is 0.955 bits per heavy atom. The molecule has 4 nitrogen and oxygen atoms in total. The Labute approximate surface area is 131 Å². The van der Waals surface area contributed by atoms with Gasteiger partial charge < -0.3 is 4.74 Å². The van der Waals surface area contributed by atoms with Crippen molar-refractivity contribution in [1.29, 1.82) is 0 Å². The number of ether oxygens (including phenoxy) is 1. The van der Waals surface area contributed by atoms with Gasteiger partial charge in [-0.3, -0.25) is 14.4 Å². The minimum absolute atomic E-state index is 0.253. The molecular weight excluding hydrogens is 304 g/mol. The van der Waals surface area contributed by atoms with Crippen molar-refractivity contribution in [3.05, 3.63) is 70.2 Å². The Bertz CT molecular complexity index is 758. The highest BCUT2D eigenvalue weighted by molar-refractivity contribution is 6.33. The van der Waals surface area contributed by atoms with Gasteiger partial charge in [0, 0.05) is 28.6 Å². The van der Waals surface area contributed by atoms with E-state index in [1.54, 1.807) is 36.4 Å². The molecule has 1 aliphatic carbocycles. The van der Waals surface area contributed by atoms with Gasteiger partial charge >= 0.3 is 5.97 Å². The van der Waals surface area contributed by atoms with E-state index < -0.39 is 23.1 Å². The average Bonchev–Trinajstić information content (AvgIpc) is 2.71. The lowest BCUT2D eigenvalue weighted by atomic mass is 9.88. The Morgan fingerprint density at radius 2 is 1.45 bits per heavy atom. The van der Waals surface area contributed by atoms with E-state index in [4.69, 9.17) is 16.3 Å². The van der Waals surface area contributed by atoms with Crippen LogP contribution in [0.1, 0.15) is 33.2 Å². The number of carbonyl (C=O) groups excluding carboxylic acids is 3. The van der Waals surface area contributed by atoms with Gasteiger partial charge in [0.2, 0.25) is 11.6 Å². The topological polar surface area (TPSA) is 60.4 Å². The van der Waals surface area contributed by atoms with E-state index in [0.717, 1.165) is 0 Å². The maximum Gasteiger partial charge on any atom is 0.304 e. The first kappa shape index (κ1) is 14.5. The molecule has 0 unspecified atom stereocenters. The summed E-state index contributed by atoms with van der Waals surface area (Å²) in [4.78, 5) is 37.2. The molecule has 0 spiro atoms. The van der Waals surface area contributed by atoms with E-state index in [-0.39, 0.29) is 11.1 Å². The molecule has 2 aromatic rings. The van der Waals surface area contributed by atoms with Gasteiger partial charge in [0.1, 0.15) is 0 Å². The standard InChI is InChI=1S/C17H11ClO4/c1-10(19)22-17(11-6-8-12(18)9-7-11)15(20)13-4-2-3-5-14(13)16(17)21/h2-9H,1H3. The fraction of sp³-hybridized carbons (Fsp3) is 0.118. The molecule has 110 valence electrons. The highest BCUT2D eigenvalue weighted by atomic mass is 35.5. The second kappa shape index (κ2) is 5.07. The van der Waals surface area contributed by atoms with E-state index in [9.17, 15) is 14.4 Å². The zero-order valence-electron chi connectivity index (χ0n) is 11.6. The number of esters is 1. The van der Waals surface area contributed by atoms with Crippen LogP contribution in [0.15, 0.2) is 48.5 Å². The summed E-state index contributed by atoms with van der Waals surface area (Å²) in [5.41, 5.74) is -1.16. The van der Waals surface area contributed by atoms with Gasteiger partial charge in [0.15, 0.2) is 0 Å². The molecular formula is C17H11ClO4. The van der Waals surface area contributed by atoms with Crippen LogP contribution in [-0.2, 0) is 15.1 Å². The molecule has 0 saturated heterocycles. The molecule has 0 fully saturated rings. The van der Waals surface area contributed by atoms with Crippen molar-refractivity contribution in [2.24, 2.45) is 0 Å². The summed E-state index contributed by atoms with van der Waals surface area (Å²) in [6.45, 7) is 1.17. The number of benzene rings is 2. The van der Waals surface area contributed by atoms with Crippen LogP contribution in [0.4, 0.5) is 0 Å². The van der Waals surface area contributed by atoms with Gasteiger partial charge in [0.25, 0.3) is 5.60 Å². The van der Waals surface area contributed by atoms with Crippen LogP contribution in [0, 0.1) is 0 Å². The van der Waals surface area contributed by atoms with E-state index in [0.29, 0.717) is 10.6 Å². The van der Waals surface area contributed by atoms with Gasteiger partial charge in [0.05, 0.1) is 0 Å². The third-order valence-corrected chi connectivity index (χ3v) is 3.86. The molecule has 2 aromatic carbocycles. The van der Waals surface area contributed by atoms with E-state index in [1.807, 2.05) is 0 Å². The number of fused-ring (bicyclic) bond motifs is 1. The van der Waals surface area contributed by atoms with E-state index in [2.05, 4.69) is 0 Å². The SMILES string of the molecule is CC(=O)OC1(c2ccc(Cl)cc2)C(=O)c2ccccc2C1=O. The van der Waals surface area contributed by atoms with Crippen LogP contribution < -0.4 is 0 Å². The monoisotopic (exact) mass is 314 g/mol. The summed E-state index contributed by atoms with van der Waals surface area (Å²) in [6, 6.07) is 12.6. The molecule has 0 radical (unpaired) electrons. The maximum absolute atomic E-state index is 12.8. The van der Waals surface area contributed by atoms with Gasteiger partial charge in [-0.2, -0.15) is 0 Å². The largest absolute Gasteiger partial charge is 0.437 e. The Balaban J connectivity index is 2.25. The number of Topliss-reactive ketones (excluding diaryl/α,β-unsaturated/α-hetero) is 2. The second-order valence-corrected chi connectivity index (χ2v) is 5.42. The zero-order valence-corrected chi connectivity index (χ0v) is 12.4. The van der Waals surface area contributed by atoms with Gasteiger partial charge in [-0.15, -0.1) is 0 Å². The average molecular weight is 315 g/mol. The third-order valence-electron chi connectivity index (χ3n) is 3.60. The number of rotatable bonds is 2. The number of halogens is 1. The molecule has 3 rings (SSSR count). The van der Waals surface area contributed by atoms with E-state index >= 15 is 0 Å². The molecule has 0 saturated carbocycles. The molecule has 0 bridgehead atoms. The lowest BCUT2D eigenvalue weighted by molar-refractivity contribution is -0.149. The normalized spacial score (nSPS) is 15.5. The quantitative estimate of drug-likeness (QED) is 0.631. The first-order valence-corrected chi connectivity index (χ1v) is 6.99. The van der Waals surface area contributed by atoms with Crippen molar-refractivity contribution in [3.63, 3.8) is 0 Å². The predicted octanol–water partition coefficient (Wildman–Crippen LogP) is 3.18. The molecule has 5 heteroatoms. The third kappa shape index (κ3) is 1.96. The molecule has 22 heavy (non-hydrogen) atoms. The van der Waals surface area contributed by atoms with Crippen LogP contribution in [-0.4, -0.2) is 17.5 Å². The Kier molecular flexibility index (Phi) is 3.34. The first-order chi connectivity index (χ1) is 10.5. The molecule has 0 aromatic heterocycles. The minimum atomic E-state index is -1.96. The van der Waals surface area contributed by atoms with Crippen LogP contribution >= 0.6 is 11.6 Å². The molecule has 0 heterocycles. The summed E-state index contributed by atoms with van der Waals surface area (Å²) in [5.74, 6) is -1.78. The van der Waals surface area contributed by atoms with Crippen molar-refractivity contribution in [3.8, 4) is 0 Å². The molecule has 0 atom stereocenters. The fourth-order valence-electron chi connectivity index (χ4n) is 2.68. The van der Waals surface area contributed by atoms with Crippen molar-refractivity contribution in [2.75, 3.05) is 0 Å². The van der Waals surface area contributed by atoms with Gasteiger partial charge in [-0.1, -0.05) is 48.0 Å². The minimum Gasteiger partial charge on any atom is -0.437 e. The summed E-state index contributed by atoms with van der Waals surface area (Å²) in [6.07, 6.45) is 0. The van der Waals surface area contributed by atoms with Crippen molar-refractivity contribution >= 4 is 29.1 Å². The first-order valence-electron chi connectivity index (χ1n) is 6.61. The number of hydrogen-bond acceptors (Lipinski definition) is 4. The smallest absolute Gasteiger partial charge is 0.304 e. The fourth-order valence-corrected chi connectivity index (χ4v) is 2.80. The van der Waals surface area contributed by atoms with Crippen molar-refractivity contribution in [2.45, 2.75) is 12.5 Å². The van der Waals surface area contributed by atoms with Crippen LogP contribution in [0.5, 0.6) is 0 Å². The predicted molar refractivity (Wildman–Crippen MR) is 80.0 cm³/mol.